The third-order valence-corrected chi connectivity index (χ3v) is 3.86. The number of rotatable bonds is 3. The Morgan fingerprint density at radius 1 is 0.955 bits per heavy atom. The first-order chi connectivity index (χ1) is 10.7. The summed E-state index contributed by atoms with van der Waals surface area (Å²) in [6, 6.07) is 22.1. The summed E-state index contributed by atoms with van der Waals surface area (Å²) in [6.45, 7) is 0.636. The Bertz CT molecular complexity index is 812. The van der Waals surface area contributed by atoms with Gasteiger partial charge in [-0.1, -0.05) is 60.1 Å². The van der Waals surface area contributed by atoms with Crippen LogP contribution in [0.2, 0.25) is 5.02 Å². The molecule has 3 aromatic carbocycles. The van der Waals surface area contributed by atoms with E-state index in [1.54, 1.807) is 0 Å². The number of anilines is 1. The molecular weight excluding hydrogens is 312 g/mol. The van der Waals surface area contributed by atoms with Crippen molar-refractivity contribution in [2.75, 3.05) is 5.32 Å². The Labute approximate surface area is 140 Å². The van der Waals surface area contributed by atoms with E-state index in [1.807, 2.05) is 48.5 Å². The van der Waals surface area contributed by atoms with E-state index in [9.17, 15) is 0 Å². The molecule has 0 fully saturated rings. The number of hydrogen-bond donors (Lipinski definition) is 2. The molecule has 0 heterocycles. The smallest absolute Gasteiger partial charge is 0.171 e. The molecule has 0 unspecified atom stereocenters. The zero-order chi connectivity index (χ0) is 15.4. The van der Waals surface area contributed by atoms with Crippen LogP contribution in [0.5, 0.6) is 0 Å². The Hall–Kier alpha value is -2.10. The van der Waals surface area contributed by atoms with Crippen molar-refractivity contribution in [3.8, 4) is 0 Å². The van der Waals surface area contributed by atoms with Gasteiger partial charge in [-0.15, -0.1) is 0 Å². The molecule has 0 bridgehead atoms. The zero-order valence-electron chi connectivity index (χ0n) is 11.8. The van der Waals surface area contributed by atoms with Crippen LogP contribution in [-0.2, 0) is 6.54 Å². The van der Waals surface area contributed by atoms with Gasteiger partial charge in [0.05, 0.1) is 0 Å². The number of thiocarbonyl (C=S) groups is 1. The topological polar surface area (TPSA) is 24.1 Å². The molecule has 0 aromatic heterocycles. The third-order valence-electron chi connectivity index (χ3n) is 3.38. The molecule has 0 aliphatic heterocycles. The highest BCUT2D eigenvalue weighted by molar-refractivity contribution is 7.80. The van der Waals surface area contributed by atoms with Gasteiger partial charge in [0.2, 0.25) is 0 Å². The van der Waals surface area contributed by atoms with Crippen molar-refractivity contribution < 1.29 is 0 Å². The van der Waals surface area contributed by atoms with Gasteiger partial charge in [-0.05, 0) is 41.4 Å². The minimum Gasteiger partial charge on any atom is -0.358 e. The van der Waals surface area contributed by atoms with Gasteiger partial charge < -0.3 is 10.6 Å². The average Bonchev–Trinajstić information content (AvgIpc) is 2.53. The Morgan fingerprint density at radius 3 is 2.59 bits per heavy atom. The first-order valence-corrected chi connectivity index (χ1v) is 7.78. The molecule has 110 valence electrons. The number of benzene rings is 3. The minimum absolute atomic E-state index is 0.594. The van der Waals surface area contributed by atoms with Crippen LogP contribution in [0.1, 0.15) is 5.56 Å². The third kappa shape index (κ3) is 3.56. The van der Waals surface area contributed by atoms with Crippen molar-refractivity contribution in [1.29, 1.82) is 0 Å². The lowest BCUT2D eigenvalue weighted by Gasteiger charge is -2.12. The van der Waals surface area contributed by atoms with Crippen molar-refractivity contribution in [3.05, 3.63) is 77.3 Å². The summed E-state index contributed by atoms with van der Waals surface area (Å²) in [5.74, 6) is 0. The number of hydrogen-bond acceptors (Lipinski definition) is 1. The fraction of sp³-hybridized carbons (Fsp3) is 0.0556. The molecule has 2 N–H and O–H groups in total. The maximum atomic E-state index is 5.98. The van der Waals surface area contributed by atoms with Gasteiger partial charge in [-0.2, -0.15) is 0 Å². The molecule has 0 amide bonds. The summed E-state index contributed by atoms with van der Waals surface area (Å²) in [5.41, 5.74) is 2.09. The Balaban J connectivity index is 1.68. The van der Waals surface area contributed by atoms with Crippen LogP contribution in [0.3, 0.4) is 0 Å². The van der Waals surface area contributed by atoms with Gasteiger partial charge in [-0.25, -0.2) is 0 Å². The van der Waals surface area contributed by atoms with Gasteiger partial charge in [-0.3, -0.25) is 0 Å². The highest BCUT2D eigenvalue weighted by Crippen LogP contribution is 2.22. The summed E-state index contributed by atoms with van der Waals surface area (Å²) < 4.78 is 0. The molecule has 0 radical (unpaired) electrons. The largest absolute Gasteiger partial charge is 0.358 e. The summed E-state index contributed by atoms with van der Waals surface area (Å²) >= 11 is 11.4. The molecular formula is C18H15ClN2S. The van der Waals surface area contributed by atoms with E-state index in [4.69, 9.17) is 23.8 Å². The lowest BCUT2D eigenvalue weighted by molar-refractivity contribution is 0.926. The van der Waals surface area contributed by atoms with E-state index in [1.165, 1.54) is 5.39 Å². The summed E-state index contributed by atoms with van der Waals surface area (Å²) in [7, 11) is 0. The maximum absolute atomic E-state index is 5.98. The predicted octanol–water partition coefficient (Wildman–Crippen LogP) is 4.98. The van der Waals surface area contributed by atoms with Gasteiger partial charge in [0.25, 0.3) is 0 Å². The van der Waals surface area contributed by atoms with E-state index < -0.39 is 0 Å². The quantitative estimate of drug-likeness (QED) is 0.664. The Kier molecular flexibility index (Phi) is 4.56. The van der Waals surface area contributed by atoms with E-state index in [-0.39, 0.29) is 0 Å². The first-order valence-electron chi connectivity index (χ1n) is 6.99. The molecule has 0 spiro atoms. The van der Waals surface area contributed by atoms with E-state index in [0.29, 0.717) is 11.7 Å². The average molecular weight is 327 g/mol. The normalized spacial score (nSPS) is 10.4. The van der Waals surface area contributed by atoms with Crippen LogP contribution in [-0.4, -0.2) is 5.11 Å². The van der Waals surface area contributed by atoms with Crippen molar-refractivity contribution in [3.63, 3.8) is 0 Å². The fourth-order valence-corrected chi connectivity index (χ4v) is 2.73. The molecule has 0 atom stereocenters. The number of fused-ring (bicyclic) bond motifs is 1. The lowest BCUT2D eigenvalue weighted by atomic mass is 10.1. The highest BCUT2D eigenvalue weighted by Gasteiger charge is 2.02. The molecule has 3 aromatic rings. The monoisotopic (exact) mass is 326 g/mol. The maximum Gasteiger partial charge on any atom is 0.171 e. The standard InChI is InChI=1S/C18H15ClN2S/c19-15-8-3-5-13(11-15)12-20-18(22)21-17-10-4-7-14-6-1-2-9-16(14)17/h1-11H,12H2,(H2,20,21,22). The van der Waals surface area contributed by atoms with E-state index >= 15 is 0 Å². The minimum atomic E-state index is 0.594. The summed E-state index contributed by atoms with van der Waals surface area (Å²) in [4.78, 5) is 0. The van der Waals surface area contributed by atoms with Crippen LogP contribution in [0.25, 0.3) is 10.8 Å². The second kappa shape index (κ2) is 6.77. The lowest BCUT2D eigenvalue weighted by Crippen LogP contribution is -2.27. The molecule has 22 heavy (non-hydrogen) atoms. The van der Waals surface area contributed by atoms with Crippen LogP contribution in [0.15, 0.2) is 66.7 Å². The van der Waals surface area contributed by atoms with Crippen LogP contribution < -0.4 is 10.6 Å². The molecule has 0 aliphatic carbocycles. The second-order valence-electron chi connectivity index (χ2n) is 4.96. The van der Waals surface area contributed by atoms with Crippen LogP contribution in [0, 0.1) is 0 Å². The number of nitrogens with one attached hydrogen (secondary N) is 2. The fourth-order valence-electron chi connectivity index (χ4n) is 2.33. The molecule has 0 aliphatic rings. The molecule has 0 saturated carbocycles. The van der Waals surface area contributed by atoms with Gasteiger partial charge >= 0.3 is 0 Å². The zero-order valence-corrected chi connectivity index (χ0v) is 13.4. The van der Waals surface area contributed by atoms with Crippen LogP contribution >= 0.6 is 23.8 Å². The first kappa shape index (κ1) is 14.8. The van der Waals surface area contributed by atoms with Crippen molar-refractivity contribution in [2.45, 2.75) is 6.54 Å². The van der Waals surface area contributed by atoms with Crippen LogP contribution in [0.4, 0.5) is 5.69 Å². The van der Waals surface area contributed by atoms with Crippen molar-refractivity contribution >= 4 is 45.4 Å². The summed E-state index contributed by atoms with van der Waals surface area (Å²) in [6.07, 6.45) is 0. The highest BCUT2D eigenvalue weighted by atomic mass is 35.5. The van der Waals surface area contributed by atoms with E-state index in [0.717, 1.165) is 21.7 Å². The van der Waals surface area contributed by atoms with Gasteiger partial charge in [0.15, 0.2) is 5.11 Å². The summed E-state index contributed by atoms with van der Waals surface area (Å²) in [5, 5.41) is 10.1. The number of halogens is 1. The predicted molar refractivity (Wildman–Crippen MR) is 98.5 cm³/mol. The Morgan fingerprint density at radius 2 is 1.73 bits per heavy atom. The van der Waals surface area contributed by atoms with Gasteiger partial charge in [0, 0.05) is 22.6 Å². The molecule has 4 heteroatoms. The van der Waals surface area contributed by atoms with Crippen molar-refractivity contribution in [1.82, 2.24) is 5.32 Å². The second-order valence-corrected chi connectivity index (χ2v) is 5.81. The molecule has 2 nitrogen and oxygen atoms in total. The van der Waals surface area contributed by atoms with E-state index in [2.05, 4.69) is 28.8 Å². The van der Waals surface area contributed by atoms with Gasteiger partial charge in [0.1, 0.15) is 0 Å². The van der Waals surface area contributed by atoms with Crippen molar-refractivity contribution in [2.24, 2.45) is 0 Å². The SMILES string of the molecule is S=C(NCc1cccc(Cl)c1)Nc1cccc2ccccc12. The molecule has 3 rings (SSSR count). The molecule has 0 saturated heterocycles.